The molecule has 0 spiro atoms. The molecule has 2 heterocycles. The van der Waals surface area contributed by atoms with Crippen molar-refractivity contribution >= 4 is 56.5 Å². The summed E-state index contributed by atoms with van der Waals surface area (Å²) in [6, 6.07) is 27.1. The third-order valence-electron chi connectivity index (χ3n) is 7.68. The summed E-state index contributed by atoms with van der Waals surface area (Å²) in [6.45, 7) is 4.48. The Bertz CT molecular complexity index is 2200. The zero-order valence-electron chi connectivity index (χ0n) is 26.3. The molecular formula is C37H31BrClN3O5S. The van der Waals surface area contributed by atoms with Gasteiger partial charge in [-0.25, -0.2) is 4.99 Å². The van der Waals surface area contributed by atoms with Crippen LogP contribution in [0.15, 0.2) is 117 Å². The lowest BCUT2D eigenvalue weighted by Crippen LogP contribution is -2.40. The summed E-state index contributed by atoms with van der Waals surface area (Å²) in [4.78, 5) is 33.3. The maximum absolute atomic E-state index is 14.2. The molecule has 0 fully saturated rings. The maximum Gasteiger partial charge on any atom is 0.271 e. The van der Waals surface area contributed by atoms with E-state index in [0.29, 0.717) is 65.2 Å². The Morgan fingerprint density at radius 3 is 2.48 bits per heavy atom. The monoisotopic (exact) mass is 743 g/mol. The van der Waals surface area contributed by atoms with E-state index in [1.807, 2.05) is 91.9 Å². The number of allylic oxidation sites excluding steroid dienone is 1. The van der Waals surface area contributed by atoms with Crippen molar-refractivity contribution in [3.63, 3.8) is 0 Å². The minimum atomic E-state index is -0.718. The van der Waals surface area contributed by atoms with Gasteiger partial charge < -0.3 is 19.5 Å². The van der Waals surface area contributed by atoms with Crippen molar-refractivity contribution in [2.45, 2.75) is 26.5 Å². The normalized spacial score (nSPS) is 14.3. The number of hydrogen-bond donors (Lipinski definition) is 1. The number of anilines is 1. The number of halogens is 2. The topological polar surface area (TPSA) is 91.2 Å². The molecule has 1 aliphatic rings. The van der Waals surface area contributed by atoms with Crippen LogP contribution in [0.3, 0.4) is 0 Å². The van der Waals surface area contributed by atoms with E-state index in [-0.39, 0.29) is 18.1 Å². The number of thiazole rings is 1. The van der Waals surface area contributed by atoms with E-state index >= 15 is 0 Å². The van der Waals surface area contributed by atoms with Gasteiger partial charge in [0.1, 0.15) is 12.4 Å². The van der Waals surface area contributed by atoms with Crippen molar-refractivity contribution in [1.82, 2.24) is 4.57 Å². The Morgan fingerprint density at radius 2 is 1.77 bits per heavy atom. The van der Waals surface area contributed by atoms with Gasteiger partial charge in [0, 0.05) is 16.3 Å². The smallest absolute Gasteiger partial charge is 0.271 e. The highest BCUT2D eigenvalue weighted by atomic mass is 79.9. The Balaban J connectivity index is 1.41. The van der Waals surface area contributed by atoms with Gasteiger partial charge >= 0.3 is 0 Å². The number of nitrogens with zero attached hydrogens (tertiary/aromatic N) is 2. The van der Waals surface area contributed by atoms with Gasteiger partial charge in [-0.05, 0) is 89.4 Å². The van der Waals surface area contributed by atoms with Crippen LogP contribution in [0.1, 0.15) is 36.6 Å². The number of para-hydroxylation sites is 1. The third kappa shape index (κ3) is 6.96. The van der Waals surface area contributed by atoms with Crippen LogP contribution >= 0.6 is 38.9 Å². The number of benzene rings is 4. The summed E-state index contributed by atoms with van der Waals surface area (Å²) in [5.41, 5.74) is 3.58. The lowest BCUT2D eigenvalue weighted by Gasteiger charge is -2.25. The van der Waals surface area contributed by atoms with E-state index < -0.39 is 6.04 Å². The molecule has 8 nitrogen and oxygen atoms in total. The van der Waals surface area contributed by atoms with Gasteiger partial charge in [0.15, 0.2) is 16.3 Å². The molecule has 1 amide bonds. The van der Waals surface area contributed by atoms with Crippen LogP contribution in [0, 0.1) is 0 Å². The Labute approximate surface area is 294 Å². The predicted octanol–water partition coefficient (Wildman–Crippen LogP) is 7.28. The SMILES string of the molecule is CCOc1ccc([C@@H]2C(C(=O)Nc3ccccc3)=C(C)N=c3s/c(=C\c4cc(Br)c(OCc5ccccc5Cl)c(OC)c4)c(=O)n32)cc1. The average Bonchev–Trinajstić information content (AvgIpc) is 3.38. The molecule has 1 aliphatic heterocycles. The van der Waals surface area contributed by atoms with E-state index in [2.05, 4.69) is 21.2 Å². The van der Waals surface area contributed by atoms with Crippen LogP contribution < -0.4 is 34.4 Å². The third-order valence-corrected chi connectivity index (χ3v) is 9.62. The van der Waals surface area contributed by atoms with Gasteiger partial charge in [-0.1, -0.05) is 71.5 Å². The van der Waals surface area contributed by atoms with E-state index in [9.17, 15) is 9.59 Å². The molecule has 0 unspecified atom stereocenters. The van der Waals surface area contributed by atoms with E-state index in [0.717, 1.165) is 11.1 Å². The minimum Gasteiger partial charge on any atom is -0.494 e. The van der Waals surface area contributed by atoms with Crippen LogP contribution in [0.4, 0.5) is 5.69 Å². The summed E-state index contributed by atoms with van der Waals surface area (Å²) >= 11 is 11.2. The molecule has 1 aromatic heterocycles. The Kier molecular flexibility index (Phi) is 10.1. The van der Waals surface area contributed by atoms with Crippen molar-refractivity contribution in [1.29, 1.82) is 0 Å². The summed E-state index contributed by atoms with van der Waals surface area (Å²) in [5, 5.41) is 3.59. The van der Waals surface area contributed by atoms with E-state index in [1.165, 1.54) is 11.3 Å². The summed E-state index contributed by atoms with van der Waals surface area (Å²) in [7, 11) is 1.56. The molecule has 48 heavy (non-hydrogen) atoms. The number of fused-ring (bicyclic) bond motifs is 1. The van der Waals surface area contributed by atoms with Crippen LogP contribution in [-0.2, 0) is 11.4 Å². The molecule has 0 bridgehead atoms. The van der Waals surface area contributed by atoms with Gasteiger partial charge in [-0.15, -0.1) is 0 Å². The quantitative estimate of drug-likeness (QED) is 0.163. The first-order valence-corrected chi connectivity index (χ1v) is 17.1. The Hall–Kier alpha value is -4.64. The highest BCUT2D eigenvalue weighted by molar-refractivity contribution is 9.10. The molecule has 0 aliphatic carbocycles. The second-order valence-electron chi connectivity index (χ2n) is 10.8. The molecule has 1 atom stereocenters. The molecule has 4 aromatic carbocycles. The van der Waals surface area contributed by atoms with E-state index in [4.69, 9.17) is 30.8 Å². The molecule has 6 rings (SSSR count). The lowest BCUT2D eigenvalue weighted by atomic mass is 9.95. The van der Waals surface area contributed by atoms with Crippen molar-refractivity contribution in [3.05, 3.63) is 148 Å². The molecule has 244 valence electrons. The van der Waals surface area contributed by atoms with E-state index in [1.54, 1.807) is 30.7 Å². The summed E-state index contributed by atoms with van der Waals surface area (Å²) in [5.74, 6) is 1.36. The average molecular weight is 745 g/mol. The second-order valence-corrected chi connectivity index (χ2v) is 13.1. The van der Waals surface area contributed by atoms with Crippen LogP contribution in [-0.4, -0.2) is 24.2 Å². The van der Waals surface area contributed by atoms with Crippen LogP contribution in [0.25, 0.3) is 6.08 Å². The number of carbonyl (C=O) groups is 1. The molecular weight excluding hydrogens is 714 g/mol. The predicted molar refractivity (Wildman–Crippen MR) is 193 cm³/mol. The first-order valence-electron chi connectivity index (χ1n) is 15.1. The van der Waals surface area contributed by atoms with Crippen LogP contribution in [0.5, 0.6) is 17.2 Å². The van der Waals surface area contributed by atoms with Crippen LogP contribution in [0.2, 0.25) is 5.02 Å². The number of methoxy groups -OCH3 is 1. The number of carbonyl (C=O) groups excluding carboxylic acids is 1. The number of hydrogen-bond acceptors (Lipinski definition) is 7. The molecule has 1 N–H and O–H groups in total. The fourth-order valence-electron chi connectivity index (χ4n) is 5.44. The van der Waals surface area contributed by atoms with Gasteiger partial charge in [0.25, 0.3) is 11.5 Å². The molecule has 0 radical (unpaired) electrons. The van der Waals surface area contributed by atoms with Crippen molar-refractivity contribution < 1.29 is 19.0 Å². The minimum absolute atomic E-state index is 0.248. The lowest BCUT2D eigenvalue weighted by molar-refractivity contribution is -0.113. The van der Waals surface area contributed by atoms with Gasteiger partial charge in [0.05, 0.1) is 40.0 Å². The number of aromatic nitrogens is 1. The fraction of sp³-hybridized carbons (Fsp3) is 0.162. The van der Waals surface area contributed by atoms with Gasteiger partial charge in [0.2, 0.25) is 0 Å². The standard InChI is InChI=1S/C37H31BrClN3O5S/c1-4-46-27-16-14-24(15-17-27)33-32(35(43)41-26-11-6-5-7-12-26)22(2)40-37-42(33)36(44)31(48-37)20-23-18-28(38)34(30(19-23)45-3)47-21-25-10-8-9-13-29(25)39/h5-20,33H,4,21H2,1-3H3,(H,41,43)/b31-20-/t33-/m1/s1. The zero-order valence-corrected chi connectivity index (χ0v) is 29.5. The van der Waals surface area contributed by atoms with Gasteiger partial charge in [-0.3, -0.25) is 14.2 Å². The fourth-order valence-corrected chi connectivity index (χ4v) is 7.25. The largest absolute Gasteiger partial charge is 0.494 e. The van der Waals surface area contributed by atoms with Gasteiger partial charge in [-0.2, -0.15) is 0 Å². The molecule has 0 saturated carbocycles. The number of amides is 1. The highest BCUT2D eigenvalue weighted by Gasteiger charge is 2.32. The zero-order chi connectivity index (χ0) is 33.8. The van der Waals surface area contributed by atoms with Crippen molar-refractivity contribution in [2.24, 2.45) is 4.99 Å². The molecule has 5 aromatic rings. The maximum atomic E-state index is 14.2. The Morgan fingerprint density at radius 1 is 1.04 bits per heavy atom. The first kappa shape index (κ1) is 33.3. The first-order chi connectivity index (χ1) is 23.3. The summed E-state index contributed by atoms with van der Waals surface area (Å²) < 4.78 is 20.1. The van der Waals surface area contributed by atoms with Crippen molar-refractivity contribution in [3.8, 4) is 17.2 Å². The highest BCUT2D eigenvalue weighted by Crippen LogP contribution is 2.38. The molecule has 0 saturated heterocycles. The second kappa shape index (κ2) is 14.6. The summed E-state index contributed by atoms with van der Waals surface area (Å²) in [6.07, 6.45) is 1.78. The molecule has 11 heteroatoms. The number of nitrogens with one attached hydrogen (secondary N) is 1. The van der Waals surface area contributed by atoms with Crippen molar-refractivity contribution in [2.75, 3.05) is 19.0 Å². The number of ether oxygens (including phenoxy) is 3. The number of rotatable bonds is 10.